The smallest absolute Gasteiger partial charge is 0.236 e. The summed E-state index contributed by atoms with van der Waals surface area (Å²) in [5.41, 5.74) is 3.04. The summed E-state index contributed by atoms with van der Waals surface area (Å²) in [7, 11) is 0. The fourth-order valence-corrected chi connectivity index (χ4v) is 2.11. The van der Waals surface area contributed by atoms with Crippen molar-refractivity contribution < 1.29 is 9.94 Å². The number of aromatic nitrogens is 2. The Kier molecular flexibility index (Phi) is 3.72. The first-order valence-electron chi connectivity index (χ1n) is 5.39. The van der Waals surface area contributed by atoms with Crippen molar-refractivity contribution in [3.05, 3.63) is 52.6 Å². The molecule has 2 rings (SSSR count). The van der Waals surface area contributed by atoms with Gasteiger partial charge in [0.1, 0.15) is 6.61 Å². The van der Waals surface area contributed by atoms with E-state index >= 15 is 0 Å². The Labute approximate surface area is 114 Å². The molecule has 0 saturated heterocycles. The van der Waals surface area contributed by atoms with E-state index in [2.05, 4.69) is 27.6 Å². The first kappa shape index (κ1) is 12.7. The van der Waals surface area contributed by atoms with Crippen LogP contribution in [0.25, 0.3) is 5.57 Å². The van der Waals surface area contributed by atoms with Gasteiger partial charge in [0.15, 0.2) is 0 Å². The minimum absolute atomic E-state index is 0.362. The molecule has 0 aliphatic heterocycles. The van der Waals surface area contributed by atoms with Crippen molar-refractivity contribution in [2.75, 3.05) is 0 Å². The summed E-state index contributed by atoms with van der Waals surface area (Å²) < 4.78 is 6.49. The average Bonchev–Trinajstić information content (AvgIpc) is 2.73. The minimum atomic E-state index is 0.362. The quantitative estimate of drug-likeness (QED) is 0.879. The van der Waals surface area contributed by atoms with Crippen LogP contribution in [-0.2, 0) is 6.61 Å². The molecule has 1 heterocycles. The molecule has 2 aromatic rings. The van der Waals surface area contributed by atoms with Crippen LogP contribution in [0.1, 0.15) is 18.1 Å². The third-order valence-corrected chi connectivity index (χ3v) is 3.24. The monoisotopic (exact) mass is 308 g/mol. The second kappa shape index (κ2) is 5.27. The highest BCUT2D eigenvalue weighted by Gasteiger charge is 2.09. The van der Waals surface area contributed by atoms with Gasteiger partial charge >= 0.3 is 0 Å². The van der Waals surface area contributed by atoms with Crippen LogP contribution in [0.4, 0.5) is 0 Å². The summed E-state index contributed by atoms with van der Waals surface area (Å²) in [4.78, 5) is 0.717. The molecular weight excluding hydrogens is 296 g/mol. The summed E-state index contributed by atoms with van der Waals surface area (Å²) in [6.45, 7) is 6.26. The lowest BCUT2D eigenvalue weighted by Crippen LogP contribution is -2.01. The van der Waals surface area contributed by atoms with Crippen LogP contribution >= 0.6 is 15.9 Å². The van der Waals surface area contributed by atoms with E-state index in [0.717, 1.165) is 26.0 Å². The summed E-state index contributed by atoms with van der Waals surface area (Å²) >= 11 is 3.50. The maximum Gasteiger partial charge on any atom is 0.236 e. The SMILES string of the molecule is C=C(C)c1cccc(Br)c1COc1ccn(O)n1. The predicted molar refractivity (Wildman–Crippen MR) is 72.6 cm³/mol. The topological polar surface area (TPSA) is 47.3 Å². The molecule has 1 aromatic carbocycles. The molecule has 0 saturated carbocycles. The zero-order valence-corrected chi connectivity index (χ0v) is 11.5. The van der Waals surface area contributed by atoms with Gasteiger partial charge in [-0.25, -0.2) is 0 Å². The predicted octanol–water partition coefficient (Wildman–Crippen LogP) is 3.50. The van der Waals surface area contributed by atoms with Crippen molar-refractivity contribution in [2.24, 2.45) is 0 Å². The highest BCUT2D eigenvalue weighted by Crippen LogP contribution is 2.26. The number of halogens is 1. The van der Waals surface area contributed by atoms with Gasteiger partial charge in [-0.15, -0.1) is 4.85 Å². The van der Waals surface area contributed by atoms with Gasteiger partial charge in [-0.2, -0.15) is 0 Å². The Morgan fingerprint density at radius 1 is 1.50 bits per heavy atom. The number of ether oxygens (including phenoxy) is 1. The Hall–Kier alpha value is -1.75. The molecule has 0 atom stereocenters. The molecule has 0 fully saturated rings. The second-order valence-corrected chi connectivity index (χ2v) is 4.76. The van der Waals surface area contributed by atoms with E-state index in [1.54, 1.807) is 6.07 Å². The van der Waals surface area contributed by atoms with Crippen molar-refractivity contribution in [3.63, 3.8) is 0 Å². The summed E-state index contributed by atoms with van der Waals surface area (Å²) in [6, 6.07) is 7.50. The number of benzene rings is 1. The zero-order chi connectivity index (χ0) is 13.1. The lowest BCUT2D eigenvalue weighted by molar-refractivity contribution is 0.141. The van der Waals surface area contributed by atoms with E-state index in [1.165, 1.54) is 6.20 Å². The minimum Gasteiger partial charge on any atom is -0.472 e. The summed E-state index contributed by atoms with van der Waals surface area (Å²) in [5, 5.41) is 12.8. The van der Waals surface area contributed by atoms with Gasteiger partial charge in [0.2, 0.25) is 5.88 Å². The highest BCUT2D eigenvalue weighted by atomic mass is 79.9. The van der Waals surface area contributed by atoms with Crippen LogP contribution in [0.15, 0.2) is 41.5 Å². The molecule has 0 radical (unpaired) electrons. The lowest BCUT2D eigenvalue weighted by atomic mass is 10.0. The molecule has 0 unspecified atom stereocenters. The number of rotatable bonds is 4. The van der Waals surface area contributed by atoms with Crippen molar-refractivity contribution in [3.8, 4) is 5.88 Å². The second-order valence-electron chi connectivity index (χ2n) is 3.91. The molecule has 0 bridgehead atoms. The summed E-state index contributed by atoms with van der Waals surface area (Å²) in [6.07, 6.45) is 1.41. The fourth-order valence-electron chi connectivity index (χ4n) is 1.63. The number of hydrogen-bond acceptors (Lipinski definition) is 3. The number of allylic oxidation sites excluding steroid dienone is 1. The average molecular weight is 309 g/mol. The molecule has 0 aliphatic carbocycles. The third-order valence-electron chi connectivity index (χ3n) is 2.49. The molecule has 0 spiro atoms. The van der Waals surface area contributed by atoms with Gasteiger partial charge in [-0.05, 0) is 18.6 Å². The maximum atomic E-state index is 9.05. The maximum absolute atomic E-state index is 9.05. The van der Waals surface area contributed by atoms with E-state index < -0.39 is 0 Å². The number of nitrogens with zero attached hydrogens (tertiary/aromatic N) is 2. The van der Waals surface area contributed by atoms with Crippen LogP contribution in [0, 0.1) is 0 Å². The molecule has 0 amide bonds. The van der Waals surface area contributed by atoms with E-state index in [0.29, 0.717) is 12.5 Å². The summed E-state index contributed by atoms with van der Waals surface area (Å²) in [5.74, 6) is 0.376. The van der Waals surface area contributed by atoms with Gasteiger partial charge < -0.3 is 9.94 Å². The first-order valence-corrected chi connectivity index (χ1v) is 6.18. The lowest BCUT2D eigenvalue weighted by Gasteiger charge is -2.11. The van der Waals surface area contributed by atoms with E-state index in [9.17, 15) is 0 Å². The largest absolute Gasteiger partial charge is 0.472 e. The van der Waals surface area contributed by atoms with Gasteiger partial charge in [0.05, 0.1) is 6.20 Å². The highest BCUT2D eigenvalue weighted by molar-refractivity contribution is 9.10. The Morgan fingerprint density at radius 2 is 2.28 bits per heavy atom. The van der Waals surface area contributed by atoms with Crippen molar-refractivity contribution in [1.82, 2.24) is 9.94 Å². The van der Waals surface area contributed by atoms with Gasteiger partial charge in [0.25, 0.3) is 0 Å². The van der Waals surface area contributed by atoms with Gasteiger partial charge in [0, 0.05) is 16.1 Å². The standard InChI is InChI=1S/C13H13BrN2O2/c1-9(2)10-4-3-5-12(14)11(10)8-18-13-6-7-16(17)15-13/h3-7,17H,1,8H2,2H3. The zero-order valence-electron chi connectivity index (χ0n) is 9.93. The van der Waals surface area contributed by atoms with Crippen molar-refractivity contribution in [1.29, 1.82) is 0 Å². The molecule has 5 heteroatoms. The molecule has 0 aliphatic rings. The van der Waals surface area contributed by atoms with Crippen LogP contribution in [0.3, 0.4) is 0 Å². The molecule has 18 heavy (non-hydrogen) atoms. The van der Waals surface area contributed by atoms with Crippen molar-refractivity contribution in [2.45, 2.75) is 13.5 Å². The molecular formula is C13H13BrN2O2. The molecule has 94 valence electrons. The third kappa shape index (κ3) is 2.73. The van der Waals surface area contributed by atoms with E-state index in [4.69, 9.17) is 9.94 Å². The van der Waals surface area contributed by atoms with Crippen LogP contribution in [0.2, 0.25) is 0 Å². The van der Waals surface area contributed by atoms with Crippen LogP contribution in [0.5, 0.6) is 5.88 Å². The Bertz CT molecular complexity index is 578. The Balaban J connectivity index is 2.20. The normalized spacial score (nSPS) is 10.3. The Morgan fingerprint density at radius 3 is 2.89 bits per heavy atom. The number of hydrogen-bond donors (Lipinski definition) is 1. The molecule has 4 nitrogen and oxygen atoms in total. The van der Waals surface area contributed by atoms with Gasteiger partial charge in [-0.3, -0.25) is 0 Å². The van der Waals surface area contributed by atoms with Crippen LogP contribution in [-0.4, -0.2) is 15.2 Å². The van der Waals surface area contributed by atoms with Crippen LogP contribution < -0.4 is 4.74 Å². The molecule has 1 N–H and O–H groups in total. The van der Waals surface area contributed by atoms with E-state index in [1.807, 2.05) is 25.1 Å². The fraction of sp³-hybridized carbons (Fsp3) is 0.154. The van der Waals surface area contributed by atoms with E-state index in [-0.39, 0.29) is 0 Å². The van der Waals surface area contributed by atoms with Gasteiger partial charge in [-0.1, -0.05) is 45.3 Å². The molecule has 1 aromatic heterocycles. The first-order chi connectivity index (χ1) is 8.58. The van der Waals surface area contributed by atoms with Crippen molar-refractivity contribution >= 4 is 21.5 Å².